The molecular formula is C17H23N5OS. The van der Waals surface area contributed by atoms with Gasteiger partial charge in [-0.05, 0) is 40.3 Å². The van der Waals surface area contributed by atoms with Crippen molar-refractivity contribution >= 4 is 17.2 Å². The van der Waals surface area contributed by atoms with Gasteiger partial charge in [0.2, 0.25) is 5.91 Å². The van der Waals surface area contributed by atoms with Crippen LogP contribution >= 0.6 is 11.3 Å². The van der Waals surface area contributed by atoms with Crippen molar-refractivity contribution < 1.29 is 4.79 Å². The van der Waals surface area contributed by atoms with E-state index in [1.165, 1.54) is 6.42 Å². The highest BCUT2D eigenvalue weighted by atomic mass is 32.1. The molecule has 1 aliphatic rings. The third-order valence-electron chi connectivity index (χ3n) is 4.34. The first kappa shape index (κ1) is 17.0. The molecule has 1 aliphatic heterocycles. The maximum Gasteiger partial charge on any atom is 0.226 e. The second-order valence-electron chi connectivity index (χ2n) is 6.28. The quantitative estimate of drug-likeness (QED) is 0.899. The van der Waals surface area contributed by atoms with Crippen LogP contribution in [0.1, 0.15) is 46.7 Å². The second kappa shape index (κ2) is 7.36. The predicted octanol–water partition coefficient (Wildman–Crippen LogP) is 2.18. The smallest absolute Gasteiger partial charge is 0.226 e. The number of thiazole rings is 1. The van der Waals surface area contributed by atoms with E-state index in [9.17, 15) is 4.79 Å². The maximum atomic E-state index is 12.2. The number of carbonyl (C=O) groups is 1. The van der Waals surface area contributed by atoms with E-state index in [2.05, 4.69) is 32.2 Å². The average molecular weight is 345 g/mol. The van der Waals surface area contributed by atoms with Crippen LogP contribution in [0.15, 0.2) is 11.6 Å². The molecule has 7 heteroatoms. The molecule has 1 amide bonds. The molecule has 0 radical (unpaired) electrons. The summed E-state index contributed by atoms with van der Waals surface area (Å²) in [5.41, 5.74) is 2.88. The van der Waals surface area contributed by atoms with Crippen LogP contribution in [0.5, 0.6) is 0 Å². The van der Waals surface area contributed by atoms with Crippen LogP contribution in [-0.2, 0) is 17.8 Å². The number of hydrogen-bond donors (Lipinski definition) is 1. The molecule has 0 bridgehead atoms. The lowest BCUT2D eigenvalue weighted by Crippen LogP contribution is -2.27. The van der Waals surface area contributed by atoms with E-state index < -0.39 is 0 Å². The Morgan fingerprint density at radius 1 is 1.42 bits per heavy atom. The largest absolute Gasteiger partial charge is 0.352 e. The van der Waals surface area contributed by atoms with Crippen molar-refractivity contribution in [3.63, 3.8) is 0 Å². The topological polar surface area (TPSA) is 71.0 Å². The first-order valence-corrected chi connectivity index (χ1v) is 9.11. The summed E-state index contributed by atoms with van der Waals surface area (Å²) in [4.78, 5) is 27.8. The van der Waals surface area contributed by atoms with Gasteiger partial charge < -0.3 is 5.32 Å². The fraction of sp³-hybridized carbons (Fsp3) is 0.529. The van der Waals surface area contributed by atoms with Crippen LogP contribution in [0.4, 0.5) is 0 Å². The highest BCUT2D eigenvalue weighted by Gasteiger charge is 2.26. The van der Waals surface area contributed by atoms with Crippen LogP contribution < -0.4 is 5.32 Å². The zero-order valence-electron chi connectivity index (χ0n) is 14.4. The summed E-state index contributed by atoms with van der Waals surface area (Å²) >= 11 is 1.57. The lowest BCUT2D eigenvalue weighted by Gasteiger charge is -2.21. The van der Waals surface area contributed by atoms with Crippen molar-refractivity contribution in [3.05, 3.63) is 39.4 Å². The molecule has 0 aromatic carbocycles. The third-order valence-corrected chi connectivity index (χ3v) is 5.16. The molecule has 2 aromatic rings. The zero-order valence-corrected chi connectivity index (χ0v) is 15.2. The normalized spacial score (nSPS) is 18.0. The molecule has 2 aromatic heterocycles. The molecule has 3 rings (SSSR count). The minimum absolute atomic E-state index is 0.0217. The third kappa shape index (κ3) is 3.96. The van der Waals surface area contributed by atoms with Gasteiger partial charge >= 0.3 is 0 Å². The fourth-order valence-corrected chi connectivity index (χ4v) is 3.72. The van der Waals surface area contributed by atoms with Gasteiger partial charge in [0, 0.05) is 23.7 Å². The van der Waals surface area contributed by atoms with Crippen molar-refractivity contribution in [2.24, 2.45) is 0 Å². The van der Waals surface area contributed by atoms with Gasteiger partial charge in [0.25, 0.3) is 0 Å². The average Bonchev–Trinajstić information content (AvgIpc) is 3.14. The maximum absolute atomic E-state index is 12.2. The summed E-state index contributed by atoms with van der Waals surface area (Å²) < 4.78 is 0. The van der Waals surface area contributed by atoms with Crippen LogP contribution in [0.2, 0.25) is 0 Å². The number of carbonyl (C=O) groups excluding carboxylic acids is 1. The number of amides is 1. The molecule has 1 fully saturated rings. The first-order chi connectivity index (χ1) is 11.5. The monoisotopic (exact) mass is 345 g/mol. The molecule has 3 heterocycles. The van der Waals surface area contributed by atoms with Gasteiger partial charge in [0.1, 0.15) is 5.82 Å². The Hall–Kier alpha value is -1.86. The number of aromatic nitrogens is 3. The minimum Gasteiger partial charge on any atom is -0.352 e. The second-order valence-corrected chi connectivity index (χ2v) is 7.34. The number of likely N-dealkylation sites (tertiary alicyclic amines) is 1. The lowest BCUT2D eigenvalue weighted by molar-refractivity contribution is -0.120. The van der Waals surface area contributed by atoms with Gasteiger partial charge in [-0.25, -0.2) is 15.0 Å². The Labute approximate surface area is 146 Å². The standard InChI is InChI=1S/C17H23N5OS/c1-11-18-8-13(17(20-11)15-5-4-6-22(15)3)9-19-16(23)7-14-10-24-12(2)21-14/h8,10,15H,4-7,9H2,1-3H3,(H,19,23). The van der Waals surface area contributed by atoms with Crippen molar-refractivity contribution in [2.75, 3.05) is 13.6 Å². The Morgan fingerprint density at radius 3 is 2.92 bits per heavy atom. The van der Waals surface area contributed by atoms with Gasteiger partial charge in [-0.3, -0.25) is 9.69 Å². The van der Waals surface area contributed by atoms with Gasteiger partial charge in [0.15, 0.2) is 0 Å². The molecular weight excluding hydrogens is 322 g/mol. The Morgan fingerprint density at radius 2 is 2.25 bits per heavy atom. The molecule has 0 saturated carbocycles. The first-order valence-electron chi connectivity index (χ1n) is 8.23. The SMILES string of the molecule is Cc1ncc(CNC(=O)Cc2csc(C)n2)c(C2CCCN2C)n1. The molecule has 0 spiro atoms. The van der Waals surface area contributed by atoms with Gasteiger partial charge in [-0.15, -0.1) is 11.3 Å². The molecule has 6 nitrogen and oxygen atoms in total. The molecule has 1 N–H and O–H groups in total. The van der Waals surface area contributed by atoms with Crippen molar-refractivity contribution in [1.29, 1.82) is 0 Å². The van der Waals surface area contributed by atoms with E-state index in [1.807, 2.05) is 25.4 Å². The Bertz CT molecular complexity index is 730. The van der Waals surface area contributed by atoms with E-state index >= 15 is 0 Å². The summed E-state index contributed by atoms with van der Waals surface area (Å²) in [5.74, 6) is 0.755. The number of rotatable bonds is 5. The molecule has 1 unspecified atom stereocenters. The van der Waals surface area contributed by atoms with Crippen LogP contribution in [0.25, 0.3) is 0 Å². The minimum atomic E-state index is -0.0217. The van der Waals surface area contributed by atoms with Crippen LogP contribution in [0, 0.1) is 13.8 Å². The molecule has 24 heavy (non-hydrogen) atoms. The molecule has 128 valence electrons. The summed E-state index contributed by atoms with van der Waals surface area (Å²) in [5, 5.41) is 5.90. The van der Waals surface area contributed by atoms with E-state index in [4.69, 9.17) is 0 Å². The van der Waals surface area contributed by atoms with Crippen molar-refractivity contribution in [1.82, 2.24) is 25.2 Å². The molecule has 1 saturated heterocycles. The van der Waals surface area contributed by atoms with Crippen molar-refractivity contribution in [3.8, 4) is 0 Å². The van der Waals surface area contributed by atoms with E-state index in [1.54, 1.807) is 11.3 Å². The summed E-state index contributed by atoms with van der Waals surface area (Å²) in [6.45, 7) is 5.40. The van der Waals surface area contributed by atoms with E-state index in [-0.39, 0.29) is 5.91 Å². The number of aryl methyl sites for hydroxylation is 2. The lowest BCUT2D eigenvalue weighted by atomic mass is 10.1. The van der Waals surface area contributed by atoms with E-state index in [0.29, 0.717) is 19.0 Å². The highest BCUT2D eigenvalue weighted by molar-refractivity contribution is 7.09. The number of nitrogens with zero attached hydrogens (tertiary/aromatic N) is 4. The summed E-state index contributed by atoms with van der Waals surface area (Å²) in [6.07, 6.45) is 4.44. The van der Waals surface area contributed by atoms with Gasteiger partial charge in [-0.1, -0.05) is 0 Å². The van der Waals surface area contributed by atoms with Crippen LogP contribution in [-0.4, -0.2) is 39.4 Å². The van der Waals surface area contributed by atoms with Crippen LogP contribution in [0.3, 0.4) is 0 Å². The predicted molar refractivity (Wildman–Crippen MR) is 93.8 cm³/mol. The Balaban J connectivity index is 1.67. The summed E-state index contributed by atoms with van der Waals surface area (Å²) in [6, 6.07) is 0.319. The van der Waals surface area contributed by atoms with E-state index in [0.717, 1.165) is 40.7 Å². The number of hydrogen-bond acceptors (Lipinski definition) is 6. The summed E-state index contributed by atoms with van der Waals surface area (Å²) in [7, 11) is 2.13. The highest BCUT2D eigenvalue weighted by Crippen LogP contribution is 2.30. The number of nitrogens with one attached hydrogen (secondary N) is 1. The van der Waals surface area contributed by atoms with Gasteiger partial charge in [0.05, 0.1) is 28.9 Å². The molecule has 0 aliphatic carbocycles. The van der Waals surface area contributed by atoms with Crippen molar-refractivity contribution in [2.45, 2.75) is 45.7 Å². The zero-order chi connectivity index (χ0) is 17.1. The van der Waals surface area contributed by atoms with Gasteiger partial charge in [-0.2, -0.15) is 0 Å². The Kier molecular flexibility index (Phi) is 5.20. The fourth-order valence-electron chi connectivity index (χ4n) is 3.10. The molecule has 1 atom stereocenters.